The van der Waals surface area contributed by atoms with E-state index in [0.29, 0.717) is 25.8 Å². The maximum Gasteiger partial charge on any atom is 0.303 e. The third-order valence-corrected chi connectivity index (χ3v) is 4.18. The van der Waals surface area contributed by atoms with E-state index in [9.17, 15) is 9.59 Å². The Balaban J connectivity index is 1.56. The Morgan fingerprint density at radius 1 is 1.17 bits per heavy atom. The van der Waals surface area contributed by atoms with Crippen molar-refractivity contribution in [1.82, 2.24) is 10.3 Å². The molecular weight excluding hydrogens is 306 g/mol. The second-order valence-corrected chi connectivity index (χ2v) is 6.25. The smallest absolute Gasteiger partial charge is 0.303 e. The summed E-state index contributed by atoms with van der Waals surface area (Å²) in [7, 11) is 0. The molecule has 24 heavy (non-hydrogen) atoms. The molecule has 0 unspecified atom stereocenters. The number of rotatable bonds is 10. The number of carboxylic acids is 1. The van der Waals surface area contributed by atoms with Crippen molar-refractivity contribution in [2.24, 2.45) is 0 Å². The van der Waals surface area contributed by atoms with Gasteiger partial charge in [0.25, 0.3) is 0 Å². The number of aromatic nitrogens is 1. The molecule has 0 aromatic carbocycles. The summed E-state index contributed by atoms with van der Waals surface area (Å²) in [6, 6.07) is 4.25. The van der Waals surface area contributed by atoms with Crippen LogP contribution in [0.4, 0.5) is 5.82 Å². The molecule has 3 N–H and O–H groups in total. The van der Waals surface area contributed by atoms with Crippen molar-refractivity contribution in [2.45, 2.75) is 57.8 Å². The lowest BCUT2D eigenvalue weighted by Gasteiger charge is -2.17. The summed E-state index contributed by atoms with van der Waals surface area (Å²) < 4.78 is 0. The van der Waals surface area contributed by atoms with Crippen LogP contribution < -0.4 is 10.6 Å². The average molecular weight is 333 g/mol. The standard InChI is InChI=1S/C18H27N3O3/c22-16(19-12-4-3-9-17(23)24)8-2-1-7-15-11-10-14-6-5-13-20-18(14)21-15/h10-11H,1-9,12-13H2,(H,19,22)(H,20,21)(H,23,24). The van der Waals surface area contributed by atoms with Crippen LogP contribution in [0.2, 0.25) is 0 Å². The molecule has 1 aliphatic heterocycles. The number of carboxylic acid groups (broad SMARTS) is 1. The van der Waals surface area contributed by atoms with Crippen LogP contribution in [-0.4, -0.2) is 35.1 Å². The molecule has 1 aliphatic rings. The van der Waals surface area contributed by atoms with Gasteiger partial charge in [0.2, 0.25) is 5.91 Å². The molecule has 0 bridgehead atoms. The van der Waals surface area contributed by atoms with E-state index in [2.05, 4.69) is 27.8 Å². The predicted molar refractivity (Wildman–Crippen MR) is 93.1 cm³/mol. The van der Waals surface area contributed by atoms with E-state index < -0.39 is 5.97 Å². The van der Waals surface area contributed by atoms with Gasteiger partial charge in [0.1, 0.15) is 5.82 Å². The van der Waals surface area contributed by atoms with E-state index in [1.54, 1.807) is 0 Å². The van der Waals surface area contributed by atoms with Gasteiger partial charge in [0.05, 0.1) is 0 Å². The van der Waals surface area contributed by atoms with Crippen molar-refractivity contribution in [3.63, 3.8) is 0 Å². The Morgan fingerprint density at radius 3 is 2.83 bits per heavy atom. The van der Waals surface area contributed by atoms with Gasteiger partial charge >= 0.3 is 5.97 Å². The second-order valence-electron chi connectivity index (χ2n) is 6.25. The largest absolute Gasteiger partial charge is 0.481 e. The molecular formula is C18H27N3O3. The molecule has 0 saturated carbocycles. The van der Waals surface area contributed by atoms with Gasteiger partial charge in [0.15, 0.2) is 0 Å². The number of unbranched alkanes of at least 4 members (excludes halogenated alkanes) is 2. The quantitative estimate of drug-likeness (QED) is 0.572. The highest BCUT2D eigenvalue weighted by atomic mass is 16.4. The summed E-state index contributed by atoms with van der Waals surface area (Å²) >= 11 is 0. The first kappa shape index (κ1) is 18.2. The Kier molecular flexibility index (Phi) is 7.52. The summed E-state index contributed by atoms with van der Waals surface area (Å²) in [6.45, 7) is 1.56. The van der Waals surface area contributed by atoms with Crippen molar-refractivity contribution in [1.29, 1.82) is 0 Å². The summed E-state index contributed by atoms with van der Waals surface area (Å²) in [5.74, 6) is 0.288. The number of carbonyl (C=O) groups is 2. The molecule has 0 saturated heterocycles. The van der Waals surface area contributed by atoms with Crippen molar-refractivity contribution < 1.29 is 14.7 Å². The number of nitrogens with one attached hydrogen (secondary N) is 2. The summed E-state index contributed by atoms with van der Waals surface area (Å²) in [4.78, 5) is 26.7. The summed E-state index contributed by atoms with van der Waals surface area (Å²) in [5.41, 5.74) is 2.38. The van der Waals surface area contributed by atoms with Crippen molar-refractivity contribution in [3.05, 3.63) is 23.4 Å². The first-order valence-corrected chi connectivity index (χ1v) is 8.86. The number of amides is 1. The summed E-state index contributed by atoms with van der Waals surface area (Å²) in [6.07, 6.45) is 6.94. The molecule has 0 atom stereocenters. The number of fused-ring (bicyclic) bond motifs is 1. The molecule has 0 radical (unpaired) electrons. The van der Waals surface area contributed by atoms with E-state index in [-0.39, 0.29) is 12.3 Å². The molecule has 1 aromatic rings. The fourth-order valence-corrected chi connectivity index (χ4v) is 2.82. The van der Waals surface area contributed by atoms with Crippen LogP contribution in [0.5, 0.6) is 0 Å². The van der Waals surface area contributed by atoms with E-state index in [1.807, 2.05) is 0 Å². The molecule has 6 heteroatoms. The fraction of sp³-hybridized carbons (Fsp3) is 0.611. The minimum Gasteiger partial charge on any atom is -0.481 e. The zero-order chi connectivity index (χ0) is 17.2. The van der Waals surface area contributed by atoms with Gasteiger partial charge in [-0.2, -0.15) is 0 Å². The molecule has 0 aliphatic carbocycles. The molecule has 0 spiro atoms. The van der Waals surface area contributed by atoms with Crippen molar-refractivity contribution in [3.8, 4) is 0 Å². The number of carbonyl (C=O) groups excluding carboxylic acids is 1. The number of aryl methyl sites for hydroxylation is 2. The molecule has 2 rings (SSSR count). The van der Waals surface area contributed by atoms with Crippen molar-refractivity contribution in [2.75, 3.05) is 18.4 Å². The highest BCUT2D eigenvalue weighted by Crippen LogP contribution is 2.20. The van der Waals surface area contributed by atoms with Gasteiger partial charge in [-0.05, 0) is 56.6 Å². The number of anilines is 1. The number of nitrogens with zero attached hydrogens (tertiary/aromatic N) is 1. The highest BCUT2D eigenvalue weighted by Gasteiger charge is 2.10. The fourth-order valence-electron chi connectivity index (χ4n) is 2.82. The molecule has 2 heterocycles. The van der Waals surface area contributed by atoms with E-state index in [0.717, 1.165) is 43.7 Å². The molecule has 1 amide bonds. The Morgan fingerprint density at radius 2 is 2.00 bits per heavy atom. The normalized spacial score (nSPS) is 13.0. The minimum absolute atomic E-state index is 0.0467. The van der Waals surface area contributed by atoms with Gasteiger partial charge in [-0.25, -0.2) is 4.98 Å². The lowest BCUT2D eigenvalue weighted by atomic mass is 10.1. The molecule has 1 aromatic heterocycles. The summed E-state index contributed by atoms with van der Waals surface area (Å²) in [5, 5.41) is 14.7. The van der Waals surface area contributed by atoms with Crippen LogP contribution >= 0.6 is 0 Å². The minimum atomic E-state index is -0.785. The van der Waals surface area contributed by atoms with Gasteiger partial charge in [-0.3, -0.25) is 9.59 Å². The lowest BCUT2D eigenvalue weighted by Crippen LogP contribution is -2.24. The second kappa shape index (κ2) is 9.90. The van der Waals surface area contributed by atoms with Crippen LogP contribution in [0.15, 0.2) is 12.1 Å². The number of aliphatic carboxylic acids is 1. The maximum atomic E-state index is 11.7. The van der Waals surface area contributed by atoms with E-state index in [4.69, 9.17) is 5.11 Å². The van der Waals surface area contributed by atoms with Gasteiger partial charge < -0.3 is 15.7 Å². The van der Waals surface area contributed by atoms with Crippen LogP contribution in [0.1, 0.15) is 56.2 Å². The van der Waals surface area contributed by atoms with Gasteiger partial charge in [-0.15, -0.1) is 0 Å². The van der Waals surface area contributed by atoms with Crippen LogP contribution in [0.25, 0.3) is 0 Å². The maximum absolute atomic E-state index is 11.7. The van der Waals surface area contributed by atoms with Crippen LogP contribution in [0, 0.1) is 0 Å². The lowest BCUT2D eigenvalue weighted by molar-refractivity contribution is -0.137. The number of hydrogen-bond donors (Lipinski definition) is 3. The third-order valence-electron chi connectivity index (χ3n) is 4.18. The SMILES string of the molecule is O=C(O)CCCCNC(=O)CCCCc1ccc2c(n1)NCCC2. The van der Waals surface area contributed by atoms with Gasteiger partial charge in [0, 0.05) is 31.6 Å². The Hall–Kier alpha value is -2.11. The first-order valence-electron chi connectivity index (χ1n) is 8.86. The topological polar surface area (TPSA) is 91.3 Å². The van der Waals surface area contributed by atoms with E-state index >= 15 is 0 Å². The van der Waals surface area contributed by atoms with Crippen LogP contribution in [0.3, 0.4) is 0 Å². The zero-order valence-electron chi connectivity index (χ0n) is 14.1. The Bertz CT molecular complexity index is 560. The first-order chi connectivity index (χ1) is 11.6. The van der Waals surface area contributed by atoms with Gasteiger partial charge in [-0.1, -0.05) is 6.07 Å². The third kappa shape index (κ3) is 6.56. The Labute approximate surface area is 143 Å². The molecule has 0 fully saturated rings. The molecule has 6 nitrogen and oxygen atoms in total. The van der Waals surface area contributed by atoms with Crippen LogP contribution in [-0.2, 0) is 22.4 Å². The molecule has 132 valence electrons. The van der Waals surface area contributed by atoms with Crippen molar-refractivity contribution >= 4 is 17.7 Å². The highest BCUT2D eigenvalue weighted by molar-refractivity contribution is 5.75. The number of hydrogen-bond acceptors (Lipinski definition) is 4. The predicted octanol–water partition coefficient (Wildman–Crippen LogP) is 2.52. The zero-order valence-corrected chi connectivity index (χ0v) is 14.1. The monoisotopic (exact) mass is 333 g/mol. The average Bonchev–Trinajstić information content (AvgIpc) is 2.58. The number of pyridine rings is 1. The van der Waals surface area contributed by atoms with E-state index in [1.165, 1.54) is 12.0 Å².